The Balaban J connectivity index is 1.21. The third-order valence-electron chi connectivity index (χ3n) is 6.81. The number of carbonyl (C=O) groups is 3. The molecule has 4 aromatic carbocycles. The molecule has 0 saturated carbocycles. The van der Waals surface area contributed by atoms with Gasteiger partial charge in [0.15, 0.2) is 16.6 Å². The van der Waals surface area contributed by atoms with Gasteiger partial charge in [-0.2, -0.15) is 0 Å². The van der Waals surface area contributed by atoms with Crippen molar-refractivity contribution in [1.82, 2.24) is 10.3 Å². The lowest BCUT2D eigenvalue weighted by Gasteiger charge is -2.12. The summed E-state index contributed by atoms with van der Waals surface area (Å²) >= 11 is 2.65. The predicted octanol–water partition coefficient (Wildman–Crippen LogP) is 7.28. The normalized spacial score (nSPS) is 11.0. The average molecular weight is 665 g/mol. The second-order valence-corrected chi connectivity index (χ2v) is 12.1. The van der Waals surface area contributed by atoms with Crippen LogP contribution >= 0.6 is 23.1 Å². The second-order valence-electron chi connectivity index (χ2n) is 10.2. The van der Waals surface area contributed by atoms with Crippen LogP contribution in [0.4, 0.5) is 10.8 Å². The molecule has 3 amide bonds. The zero-order valence-electron chi connectivity index (χ0n) is 25.9. The molecule has 1 aromatic heterocycles. The molecule has 0 aliphatic rings. The van der Waals surface area contributed by atoms with Crippen LogP contribution in [0.2, 0.25) is 0 Å². The highest BCUT2D eigenvalue weighted by Crippen LogP contribution is 2.33. The van der Waals surface area contributed by atoms with Crippen LogP contribution in [0.3, 0.4) is 0 Å². The van der Waals surface area contributed by atoms with Gasteiger partial charge in [0.25, 0.3) is 11.8 Å². The minimum atomic E-state index is -0.483. The number of hydrogen-bond acceptors (Lipinski definition) is 8. The molecule has 0 fully saturated rings. The fourth-order valence-corrected chi connectivity index (χ4v) is 5.89. The SMILES string of the molecule is COc1ccc(-c2csc(NC(=O)CSc3cccc(NC(=O)/C(=C/c4ccc(C)cc4)NC(=O)c4ccccc4)c3)n2)cc1OC. The Morgan fingerprint density at radius 1 is 0.851 bits per heavy atom. The largest absolute Gasteiger partial charge is 0.493 e. The minimum absolute atomic E-state index is 0.0936. The number of amides is 3. The molecule has 0 saturated heterocycles. The maximum absolute atomic E-state index is 13.4. The number of benzene rings is 4. The van der Waals surface area contributed by atoms with Crippen molar-refractivity contribution in [2.24, 2.45) is 0 Å². The molecule has 0 unspecified atom stereocenters. The van der Waals surface area contributed by atoms with Crippen LogP contribution in [0.15, 0.2) is 113 Å². The van der Waals surface area contributed by atoms with Crippen LogP contribution in [0.25, 0.3) is 17.3 Å². The van der Waals surface area contributed by atoms with Gasteiger partial charge in [0.2, 0.25) is 5.91 Å². The Morgan fingerprint density at radius 3 is 2.36 bits per heavy atom. The van der Waals surface area contributed by atoms with Crippen LogP contribution in [-0.2, 0) is 9.59 Å². The maximum atomic E-state index is 13.4. The Morgan fingerprint density at radius 2 is 1.62 bits per heavy atom. The van der Waals surface area contributed by atoms with Gasteiger partial charge in [-0.05, 0) is 67.1 Å². The van der Waals surface area contributed by atoms with Crippen molar-refractivity contribution in [2.45, 2.75) is 11.8 Å². The molecular formula is C36H32N4O5S2. The number of aromatic nitrogens is 1. The van der Waals surface area contributed by atoms with Crippen molar-refractivity contribution < 1.29 is 23.9 Å². The molecule has 5 aromatic rings. The molecule has 11 heteroatoms. The minimum Gasteiger partial charge on any atom is -0.493 e. The van der Waals surface area contributed by atoms with Gasteiger partial charge in [-0.25, -0.2) is 4.98 Å². The van der Waals surface area contributed by atoms with E-state index in [-0.39, 0.29) is 17.4 Å². The number of rotatable bonds is 12. The first kappa shape index (κ1) is 33.0. The number of thioether (sulfide) groups is 1. The van der Waals surface area contributed by atoms with E-state index in [0.29, 0.717) is 33.6 Å². The standard InChI is InChI=1S/C36H32N4O5S2/c1-23-12-14-24(15-13-23)18-29(38-34(42)25-8-5-4-6-9-25)35(43)37-27-10-7-11-28(20-27)46-22-33(41)40-36-39-30(21-47-36)26-16-17-31(44-2)32(19-26)45-3/h4-21H,22H2,1-3H3,(H,37,43)(H,38,42)(H,39,40,41)/b29-18-. The van der Waals surface area contributed by atoms with Crippen molar-refractivity contribution in [1.29, 1.82) is 0 Å². The van der Waals surface area contributed by atoms with E-state index in [2.05, 4.69) is 20.9 Å². The molecule has 0 radical (unpaired) electrons. The van der Waals surface area contributed by atoms with Gasteiger partial charge in [0.05, 0.1) is 25.7 Å². The quantitative estimate of drug-likeness (QED) is 0.0948. The lowest BCUT2D eigenvalue weighted by atomic mass is 10.1. The van der Waals surface area contributed by atoms with Gasteiger partial charge >= 0.3 is 0 Å². The number of thiazole rings is 1. The van der Waals surface area contributed by atoms with Crippen molar-refractivity contribution in [3.05, 3.63) is 125 Å². The molecule has 3 N–H and O–H groups in total. The highest BCUT2D eigenvalue weighted by Gasteiger charge is 2.16. The van der Waals surface area contributed by atoms with Gasteiger partial charge in [-0.1, -0.05) is 54.1 Å². The molecule has 0 aliphatic carbocycles. The van der Waals surface area contributed by atoms with E-state index >= 15 is 0 Å². The van der Waals surface area contributed by atoms with Crippen LogP contribution in [0, 0.1) is 6.92 Å². The summed E-state index contributed by atoms with van der Waals surface area (Å²) in [5.41, 5.74) is 4.43. The highest BCUT2D eigenvalue weighted by molar-refractivity contribution is 8.00. The van der Waals surface area contributed by atoms with E-state index in [1.165, 1.54) is 23.1 Å². The Labute approximate surface area is 281 Å². The fraction of sp³-hybridized carbons (Fsp3) is 0.111. The fourth-order valence-electron chi connectivity index (χ4n) is 4.40. The van der Waals surface area contributed by atoms with E-state index < -0.39 is 11.8 Å². The summed E-state index contributed by atoms with van der Waals surface area (Å²) in [6.07, 6.45) is 1.63. The van der Waals surface area contributed by atoms with E-state index in [1.807, 2.05) is 60.8 Å². The number of ether oxygens (including phenoxy) is 2. The number of methoxy groups -OCH3 is 2. The van der Waals surface area contributed by atoms with Crippen molar-refractivity contribution in [2.75, 3.05) is 30.6 Å². The van der Waals surface area contributed by atoms with Crippen LogP contribution in [-0.4, -0.2) is 42.7 Å². The van der Waals surface area contributed by atoms with Crippen LogP contribution < -0.4 is 25.4 Å². The van der Waals surface area contributed by atoms with Gasteiger partial charge < -0.3 is 25.4 Å². The first-order valence-corrected chi connectivity index (χ1v) is 16.3. The Kier molecular flexibility index (Phi) is 11.1. The lowest BCUT2D eigenvalue weighted by molar-refractivity contribution is -0.114. The summed E-state index contributed by atoms with van der Waals surface area (Å²) in [5, 5.41) is 10.8. The monoisotopic (exact) mass is 664 g/mol. The lowest BCUT2D eigenvalue weighted by Crippen LogP contribution is -2.30. The first-order chi connectivity index (χ1) is 22.8. The molecule has 9 nitrogen and oxygen atoms in total. The van der Waals surface area contributed by atoms with Gasteiger partial charge in [0.1, 0.15) is 5.70 Å². The Hall–Kier alpha value is -5.39. The summed E-state index contributed by atoms with van der Waals surface area (Å²) in [7, 11) is 3.15. The molecule has 47 heavy (non-hydrogen) atoms. The first-order valence-electron chi connectivity index (χ1n) is 14.5. The number of anilines is 2. The highest BCUT2D eigenvalue weighted by atomic mass is 32.2. The summed E-state index contributed by atoms with van der Waals surface area (Å²) in [6, 6.07) is 29.0. The van der Waals surface area contributed by atoms with Crippen LogP contribution in [0.5, 0.6) is 11.5 Å². The third-order valence-corrected chi connectivity index (χ3v) is 8.56. The maximum Gasteiger partial charge on any atom is 0.272 e. The molecule has 0 aliphatic heterocycles. The smallest absolute Gasteiger partial charge is 0.272 e. The number of nitrogens with zero attached hydrogens (tertiary/aromatic N) is 1. The summed E-state index contributed by atoms with van der Waals surface area (Å²) in [4.78, 5) is 44.4. The summed E-state index contributed by atoms with van der Waals surface area (Å²) in [5.74, 6) is 0.247. The van der Waals surface area contributed by atoms with Gasteiger partial charge in [-0.15, -0.1) is 23.1 Å². The number of nitrogens with one attached hydrogen (secondary N) is 3. The third kappa shape index (κ3) is 9.09. The Bertz CT molecular complexity index is 1910. The number of carbonyl (C=O) groups excluding carboxylic acids is 3. The molecule has 0 atom stereocenters. The zero-order valence-corrected chi connectivity index (χ0v) is 27.5. The van der Waals surface area contributed by atoms with E-state index in [4.69, 9.17) is 9.47 Å². The van der Waals surface area contributed by atoms with E-state index in [1.54, 1.807) is 68.8 Å². The van der Waals surface area contributed by atoms with Crippen molar-refractivity contribution >= 4 is 57.7 Å². The number of aryl methyl sites for hydroxylation is 1. The predicted molar refractivity (Wildman–Crippen MR) is 188 cm³/mol. The second kappa shape index (κ2) is 15.7. The molecule has 238 valence electrons. The van der Waals surface area contributed by atoms with E-state index in [9.17, 15) is 14.4 Å². The van der Waals surface area contributed by atoms with Crippen molar-refractivity contribution in [3.8, 4) is 22.8 Å². The number of hydrogen-bond donors (Lipinski definition) is 3. The molecule has 0 bridgehead atoms. The average Bonchev–Trinajstić information content (AvgIpc) is 3.56. The van der Waals surface area contributed by atoms with Crippen molar-refractivity contribution in [3.63, 3.8) is 0 Å². The summed E-state index contributed by atoms with van der Waals surface area (Å²) in [6.45, 7) is 1.98. The zero-order chi connectivity index (χ0) is 33.2. The molecule has 0 spiro atoms. The van der Waals surface area contributed by atoms with Gasteiger partial charge in [-0.3, -0.25) is 14.4 Å². The topological polar surface area (TPSA) is 119 Å². The van der Waals surface area contributed by atoms with Crippen LogP contribution in [0.1, 0.15) is 21.5 Å². The summed E-state index contributed by atoms with van der Waals surface area (Å²) < 4.78 is 10.7. The molecular weight excluding hydrogens is 633 g/mol. The molecule has 5 rings (SSSR count). The van der Waals surface area contributed by atoms with Gasteiger partial charge in [0, 0.05) is 27.1 Å². The van der Waals surface area contributed by atoms with E-state index in [0.717, 1.165) is 21.6 Å². The molecule has 1 heterocycles.